The number of benzene rings is 1. The third kappa shape index (κ3) is 3.09. The van der Waals surface area contributed by atoms with Crippen LogP contribution in [0.2, 0.25) is 5.02 Å². The van der Waals surface area contributed by atoms with Crippen molar-refractivity contribution in [2.24, 2.45) is 0 Å². The molecule has 0 aromatic heterocycles. The molecule has 0 aliphatic carbocycles. The lowest BCUT2D eigenvalue weighted by molar-refractivity contribution is -0.124. The number of hydrogen-bond acceptors (Lipinski definition) is 2. The first-order valence-electron chi connectivity index (χ1n) is 7.62. The van der Waals surface area contributed by atoms with Gasteiger partial charge in [0.05, 0.1) is 10.7 Å². The van der Waals surface area contributed by atoms with E-state index in [1.807, 2.05) is 0 Å². The molecule has 2 heterocycles. The van der Waals surface area contributed by atoms with Crippen LogP contribution in [-0.2, 0) is 16.0 Å². The molecule has 0 bridgehead atoms. The van der Waals surface area contributed by atoms with Crippen molar-refractivity contribution in [1.82, 2.24) is 5.32 Å². The summed E-state index contributed by atoms with van der Waals surface area (Å²) < 4.78 is 13.5. The maximum absolute atomic E-state index is 13.5. The van der Waals surface area contributed by atoms with Gasteiger partial charge < -0.3 is 10.2 Å². The topological polar surface area (TPSA) is 49.4 Å². The number of rotatable bonds is 2. The van der Waals surface area contributed by atoms with Crippen molar-refractivity contribution in [2.45, 2.75) is 44.6 Å². The highest BCUT2D eigenvalue weighted by Crippen LogP contribution is 2.35. The molecule has 0 radical (unpaired) electrons. The van der Waals surface area contributed by atoms with E-state index in [2.05, 4.69) is 5.32 Å². The monoisotopic (exact) mass is 324 g/mol. The molecule has 3 rings (SSSR count). The Labute approximate surface area is 133 Å². The van der Waals surface area contributed by atoms with Crippen LogP contribution in [0.3, 0.4) is 0 Å². The Morgan fingerprint density at radius 1 is 1.36 bits per heavy atom. The molecule has 1 saturated heterocycles. The number of hydrogen-bond donors (Lipinski definition) is 1. The lowest BCUT2D eigenvalue weighted by Gasteiger charge is -2.32. The molecule has 0 spiro atoms. The quantitative estimate of drug-likeness (QED) is 0.909. The first kappa shape index (κ1) is 15.3. The van der Waals surface area contributed by atoms with Gasteiger partial charge in [-0.25, -0.2) is 4.39 Å². The van der Waals surface area contributed by atoms with Crippen molar-refractivity contribution in [2.75, 3.05) is 11.4 Å². The smallest absolute Gasteiger partial charge is 0.229 e. The standard InChI is InChI=1S/C16H18ClFN2O2/c17-13-8-11(18)7-10-3-2-6-20(16(10)13)15(22)9-12-4-1-5-14(21)19-12/h7-8,12H,1-6,9H2,(H,19,21). The van der Waals surface area contributed by atoms with Gasteiger partial charge in [-0.05, 0) is 43.4 Å². The SMILES string of the molecule is O=C1CCCC(CC(=O)N2CCCc3cc(F)cc(Cl)c32)N1. The fourth-order valence-corrected chi connectivity index (χ4v) is 3.58. The van der Waals surface area contributed by atoms with E-state index in [9.17, 15) is 14.0 Å². The molecule has 4 nitrogen and oxygen atoms in total. The lowest BCUT2D eigenvalue weighted by Crippen LogP contribution is -2.44. The fraction of sp³-hybridized carbons (Fsp3) is 0.500. The highest BCUT2D eigenvalue weighted by Gasteiger charge is 2.28. The van der Waals surface area contributed by atoms with Gasteiger partial charge in [0.25, 0.3) is 0 Å². The first-order chi connectivity index (χ1) is 10.5. The number of aryl methyl sites for hydroxylation is 1. The summed E-state index contributed by atoms with van der Waals surface area (Å²) in [5.74, 6) is -0.442. The summed E-state index contributed by atoms with van der Waals surface area (Å²) in [4.78, 5) is 25.7. The average Bonchev–Trinajstić information content (AvgIpc) is 2.46. The Kier molecular flexibility index (Phi) is 4.34. The molecule has 2 aliphatic rings. The number of amides is 2. The zero-order chi connectivity index (χ0) is 15.7. The maximum Gasteiger partial charge on any atom is 0.229 e. The van der Waals surface area contributed by atoms with Gasteiger partial charge in [0.2, 0.25) is 11.8 Å². The van der Waals surface area contributed by atoms with Crippen LogP contribution in [0.25, 0.3) is 0 Å². The second kappa shape index (κ2) is 6.24. The van der Waals surface area contributed by atoms with Crippen LogP contribution in [0.1, 0.15) is 37.7 Å². The van der Waals surface area contributed by atoms with E-state index in [4.69, 9.17) is 11.6 Å². The van der Waals surface area contributed by atoms with Gasteiger partial charge in [-0.3, -0.25) is 9.59 Å². The van der Waals surface area contributed by atoms with E-state index in [1.54, 1.807) is 4.90 Å². The van der Waals surface area contributed by atoms with Gasteiger partial charge in [0.15, 0.2) is 0 Å². The Morgan fingerprint density at radius 3 is 2.95 bits per heavy atom. The Bertz CT molecular complexity index is 620. The predicted octanol–water partition coefficient (Wildman–Crippen LogP) is 2.82. The molecule has 1 atom stereocenters. The number of nitrogens with zero attached hydrogens (tertiary/aromatic N) is 1. The molecule has 1 aromatic rings. The van der Waals surface area contributed by atoms with Gasteiger partial charge in [-0.1, -0.05) is 11.6 Å². The Hall–Kier alpha value is -1.62. The largest absolute Gasteiger partial charge is 0.353 e. The van der Waals surface area contributed by atoms with Crippen molar-refractivity contribution in [3.8, 4) is 0 Å². The van der Waals surface area contributed by atoms with Crippen LogP contribution in [0, 0.1) is 5.82 Å². The summed E-state index contributed by atoms with van der Waals surface area (Å²) in [6.45, 7) is 0.581. The molecule has 1 aromatic carbocycles. The summed E-state index contributed by atoms with van der Waals surface area (Å²) in [5, 5.41) is 3.13. The summed E-state index contributed by atoms with van der Waals surface area (Å²) >= 11 is 6.15. The molecular formula is C16H18ClFN2O2. The van der Waals surface area contributed by atoms with Crippen LogP contribution < -0.4 is 10.2 Å². The highest BCUT2D eigenvalue weighted by atomic mass is 35.5. The minimum atomic E-state index is -0.377. The summed E-state index contributed by atoms with van der Waals surface area (Å²) in [6.07, 6.45) is 3.93. The van der Waals surface area contributed by atoms with E-state index >= 15 is 0 Å². The van der Waals surface area contributed by atoms with E-state index in [0.29, 0.717) is 18.7 Å². The number of halogens is 2. The average molecular weight is 325 g/mol. The predicted molar refractivity (Wildman–Crippen MR) is 82.5 cm³/mol. The number of carbonyl (C=O) groups is 2. The third-order valence-electron chi connectivity index (χ3n) is 4.25. The zero-order valence-corrected chi connectivity index (χ0v) is 13.0. The summed E-state index contributed by atoms with van der Waals surface area (Å²) in [5.41, 5.74) is 1.40. The summed E-state index contributed by atoms with van der Waals surface area (Å²) in [7, 11) is 0. The van der Waals surface area contributed by atoms with Crippen LogP contribution in [0.15, 0.2) is 12.1 Å². The minimum Gasteiger partial charge on any atom is -0.353 e. The molecule has 2 aliphatic heterocycles. The van der Waals surface area contributed by atoms with Crippen LogP contribution in [0.4, 0.5) is 10.1 Å². The van der Waals surface area contributed by atoms with Crippen molar-refractivity contribution in [1.29, 1.82) is 0 Å². The van der Waals surface area contributed by atoms with Crippen LogP contribution >= 0.6 is 11.6 Å². The second-order valence-electron chi connectivity index (χ2n) is 5.91. The van der Waals surface area contributed by atoms with Crippen molar-refractivity contribution < 1.29 is 14.0 Å². The van der Waals surface area contributed by atoms with E-state index < -0.39 is 0 Å². The maximum atomic E-state index is 13.5. The molecule has 0 saturated carbocycles. The second-order valence-corrected chi connectivity index (χ2v) is 6.31. The minimum absolute atomic E-state index is 0.00296. The van der Waals surface area contributed by atoms with Crippen molar-refractivity contribution in [3.05, 3.63) is 28.5 Å². The number of piperidine rings is 1. The van der Waals surface area contributed by atoms with Crippen molar-refractivity contribution >= 4 is 29.1 Å². The molecular weight excluding hydrogens is 307 g/mol. The van der Waals surface area contributed by atoms with Gasteiger partial charge in [-0.2, -0.15) is 0 Å². The van der Waals surface area contributed by atoms with Gasteiger partial charge in [0, 0.05) is 25.4 Å². The molecule has 1 N–H and O–H groups in total. The van der Waals surface area contributed by atoms with Crippen LogP contribution in [0.5, 0.6) is 0 Å². The third-order valence-corrected chi connectivity index (χ3v) is 4.54. The lowest BCUT2D eigenvalue weighted by atomic mass is 9.98. The van der Waals surface area contributed by atoms with Gasteiger partial charge in [0.1, 0.15) is 5.82 Å². The molecule has 118 valence electrons. The van der Waals surface area contributed by atoms with E-state index in [-0.39, 0.29) is 35.1 Å². The molecule has 6 heteroatoms. The van der Waals surface area contributed by atoms with Gasteiger partial charge in [-0.15, -0.1) is 0 Å². The van der Waals surface area contributed by atoms with E-state index in [1.165, 1.54) is 12.1 Å². The number of fused-ring (bicyclic) bond motifs is 1. The number of carbonyl (C=O) groups excluding carboxylic acids is 2. The Balaban J connectivity index is 1.78. The molecule has 2 amide bonds. The van der Waals surface area contributed by atoms with Crippen molar-refractivity contribution in [3.63, 3.8) is 0 Å². The molecule has 1 unspecified atom stereocenters. The van der Waals surface area contributed by atoms with Crippen LogP contribution in [-0.4, -0.2) is 24.4 Å². The molecule has 22 heavy (non-hydrogen) atoms. The normalized spacial score (nSPS) is 21.3. The summed E-state index contributed by atoms with van der Waals surface area (Å²) in [6, 6.07) is 2.58. The van der Waals surface area contributed by atoms with E-state index in [0.717, 1.165) is 31.2 Å². The van der Waals surface area contributed by atoms with Gasteiger partial charge >= 0.3 is 0 Å². The first-order valence-corrected chi connectivity index (χ1v) is 8.00. The molecule has 1 fully saturated rings. The number of anilines is 1. The highest BCUT2D eigenvalue weighted by molar-refractivity contribution is 6.34. The Morgan fingerprint density at radius 2 is 2.18 bits per heavy atom. The number of nitrogens with one attached hydrogen (secondary N) is 1. The fourth-order valence-electron chi connectivity index (χ4n) is 3.26. The zero-order valence-electron chi connectivity index (χ0n) is 12.2.